The van der Waals surface area contributed by atoms with Gasteiger partial charge in [-0.05, 0) is 48.5 Å². The molecule has 0 aliphatic carbocycles. The number of rotatable bonds is 11. The van der Waals surface area contributed by atoms with Crippen LogP contribution in [0.5, 0.6) is 0 Å². The number of nitrogens with zero attached hydrogens (tertiary/aromatic N) is 3. The number of carbonyl (C=O) groups is 2. The summed E-state index contributed by atoms with van der Waals surface area (Å²) in [6.07, 6.45) is 0.506. The number of amides is 2. The van der Waals surface area contributed by atoms with Crippen molar-refractivity contribution < 1.29 is 9.59 Å². The van der Waals surface area contributed by atoms with Gasteiger partial charge < -0.3 is 15.5 Å². The van der Waals surface area contributed by atoms with E-state index in [9.17, 15) is 9.59 Å². The van der Waals surface area contributed by atoms with E-state index in [1.54, 1.807) is 52.9 Å². The van der Waals surface area contributed by atoms with E-state index in [0.717, 1.165) is 22.9 Å². The van der Waals surface area contributed by atoms with E-state index in [4.69, 9.17) is 0 Å². The summed E-state index contributed by atoms with van der Waals surface area (Å²) >= 11 is 0. The Morgan fingerprint density at radius 1 is 0.900 bits per heavy atom. The van der Waals surface area contributed by atoms with Crippen molar-refractivity contribution in [1.29, 1.82) is 0 Å². The SMILES string of the molecule is CNC(=O)CCSSCCNC(=O)c1ccc(N=Nc2ccc(N(C)C)cc2)cc1. The van der Waals surface area contributed by atoms with Crippen molar-refractivity contribution in [1.82, 2.24) is 10.6 Å². The summed E-state index contributed by atoms with van der Waals surface area (Å²) in [7, 11) is 8.89. The molecular formula is C21H27N5O2S2. The number of carbonyl (C=O) groups excluding carboxylic acids is 2. The summed E-state index contributed by atoms with van der Waals surface area (Å²) in [5.74, 6) is 1.47. The Morgan fingerprint density at radius 3 is 2.03 bits per heavy atom. The molecular weight excluding hydrogens is 418 g/mol. The second-order valence-electron chi connectivity index (χ2n) is 6.48. The van der Waals surface area contributed by atoms with Gasteiger partial charge in [-0.25, -0.2) is 0 Å². The van der Waals surface area contributed by atoms with Crippen molar-refractivity contribution in [3.63, 3.8) is 0 Å². The van der Waals surface area contributed by atoms with Gasteiger partial charge in [-0.2, -0.15) is 10.2 Å². The van der Waals surface area contributed by atoms with Gasteiger partial charge in [-0.1, -0.05) is 21.6 Å². The lowest BCUT2D eigenvalue weighted by Gasteiger charge is -2.11. The molecule has 7 nitrogen and oxygen atoms in total. The summed E-state index contributed by atoms with van der Waals surface area (Å²) in [4.78, 5) is 25.3. The Hall–Kier alpha value is -2.52. The third kappa shape index (κ3) is 8.46. The Bertz CT molecular complexity index is 839. The minimum Gasteiger partial charge on any atom is -0.378 e. The average molecular weight is 446 g/mol. The molecule has 0 fully saturated rings. The van der Waals surface area contributed by atoms with Gasteiger partial charge in [0, 0.05) is 56.9 Å². The number of nitrogens with one attached hydrogen (secondary N) is 2. The average Bonchev–Trinajstić information content (AvgIpc) is 2.77. The van der Waals surface area contributed by atoms with Gasteiger partial charge in [-0.3, -0.25) is 9.59 Å². The topological polar surface area (TPSA) is 86.2 Å². The summed E-state index contributed by atoms with van der Waals surface area (Å²) in [5, 5.41) is 13.9. The highest BCUT2D eigenvalue weighted by atomic mass is 33.1. The van der Waals surface area contributed by atoms with Gasteiger partial charge in [0.2, 0.25) is 5.91 Å². The lowest BCUT2D eigenvalue weighted by molar-refractivity contribution is -0.120. The molecule has 30 heavy (non-hydrogen) atoms. The Kier molecular flexibility index (Phi) is 10.2. The molecule has 2 aromatic carbocycles. The number of benzene rings is 2. The molecule has 0 unspecified atom stereocenters. The van der Waals surface area contributed by atoms with E-state index >= 15 is 0 Å². The van der Waals surface area contributed by atoms with Crippen LogP contribution in [0.25, 0.3) is 0 Å². The standard InChI is InChI=1S/C21H27N5O2S2/c1-22-20(27)12-14-29-30-15-13-23-21(28)16-4-6-17(7-5-16)24-25-18-8-10-19(11-9-18)26(2)3/h4-11H,12-15H2,1-3H3,(H,22,27)(H,23,28). The van der Waals surface area contributed by atoms with Crippen LogP contribution in [0, 0.1) is 0 Å². The number of azo groups is 1. The van der Waals surface area contributed by atoms with Crippen LogP contribution in [0.2, 0.25) is 0 Å². The molecule has 0 aromatic heterocycles. The van der Waals surface area contributed by atoms with Crippen molar-refractivity contribution in [2.75, 3.05) is 44.1 Å². The predicted molar refractivity (Wildman–Crippen MR) is 127 cm³/mol. The van der Waals surface area contributed by atoms with E-state index in [1.165, 1.54) is 0 Å². The van der Waals surface area contributed by atoms with E-state index in [1.807, 2.05) is 43.3 Å². The molecule has 0 spiro atoms. The first kappa shape index (κ1) is 23.8. The van der Waals surface area contributed by atoms with Crippen LogP contribution in [0.1, 0.15) is 16.8 Å². The van der Waals surface area contributed by atoms with Crippen LogP contribution < -0.4 is 15.5 Å². The molecule has 2 rings (SSSR count). The van der Waals surface area contributed by atoms with Gasteiger partial charge in [0.05, 0.1) is 11.4 Å². The highest BCUT2D eigenvalue weighted by Crippen LogP contribution is 2.22. The fourth-order valence-electron chi connectivity index (χ4n) is 2.30. The smallest absolute Gasteiger partial charge is 0.251 e. The molecule has 0 radical (unpaired) electrons. The molecule has 2 aromatic rings. The molecule has 160 valence electrons. The summed E-state index contributed by atoms with van der Waals surface area (Å²) < 4.78 is 0. The van der Waals surface area contributed by atoms with Crippen molar-refractivity contribution >= 4 is 50.5 Å². The first-order valence-electron chi connectivity index (χ1n) is 9.52. The van der Waals surface area contributed by atoms with Crippen molar-refractivity contribution in [2.45, 2.75) is 6.42 Å². The maximum absolute atomic E-state index is 12.2. The first-order valence-corrected chi connectivity index (χ1v) is 12.0. The van der Waals surface area contributed by atoms with Crippen LogP contribution in [0.3, 0.4) is 0 Å². The van der Waals surface area contributed by atoms with Crippen LogP contribution >= 0.6 is 21.6 Å². The van der Waals surface area contributed by atoms with Gasteiger partial charge in [0.1, 0.15) is 0 Å². The molecule has 9 heteroatoms. The fraction of sp³-hybridized carbons (Fsp3) is 0.333. The molecule has 0 atom stereocenters. The quantitative estimate of drug-likeness (QED) is 0.304. The van der Waals surface area contributed by atoms with Crippen LogP contribution in [-0.4, -0.2) is 51.0 Å². The van der Waals surface area contributed by atoms with Gasteiger partial charge in [0.15, 0.2) is 0 Å². The molecule has 2 N–H and O–H groups in total. The lowest BCUT2D eigenvalue weighted by atomic mass is 10.2. The molecule has 0 aliphatic rings. The summed E-state index contributed by atoms with van der Waals surface area (Å²) in [6.45, 7) is 0.570. The van der Waals surface area contributed by atoms with E-state index in [-0.39, 0.29) is 11.8 Å². The highest BCUT2D eigenvalue weighted by Gasteiger charge is 2.05. The van der Waals surface area contributed by atoms with Crippen LogP contribution in [0.15, 0.2) is 58.8 Å². The largest absolute Gasteiger partial charge is 0.378 e. The van der Waals surface area contributed by atoms with Crippen molar-refractivity contribution in [3.8, 4) is 0 Å². The van der Waals surface area contributed by atoms with Gasteiger partial charge in [-0.15, -0.1) is 0 Å². The second-order valence-corrected chi connectivity index (χ2v) is 9.18. The molecule has 2 amide bonds. The normalized spacial score (nSPS) is 10.8. The summed E-state index contributed by atoms with van der Waals surface area (Å²) in [6, 6.07) is 14.8. The third-order valence-electron chi connectivity index (χ3n) is 4.02. The van der Waals surface area contributed by atoms with Gasteiger partial charge >= 0.3 is 0 Å². The van der Waals surface area contributed by atoms with E-state index in [0.29, 0.717) is 24.2 Å². The minimum absolute atomic E-state index is 0.0432. The van der Waals surface area contributed by atoms with Crippen molar-refractivity contribution in [3.05, 3.63) is 54.1 Å². The first-order chi connectivity index (χ1) is 14.5. The van der Waals surface area contributed by atoms with Crippen molar-refractivity contribution in [2.24, 2.45) is 10.2 Å². The second kappa shape index (κ2) is 12.9. The third-order valence-corrected chi connectivity index (χ3v) is 6.43. The molecule has 0 aliphatic heterocycles. The Balaban J connectivity index is 1.72. The molecule has 0 bridgehead atoms. The maximum Gasteiger partial charge on any atom is 0.251 e. The highest BCUT2D eigenvalue weighted by molar-refractivity contribution is 8.76. The number of anilines is 1. The zero-order chi connectivity index (χ0) is 21.8. The molecule has 0 heterocycles. The lowest BCUT2D eigenvalue weighted by Crippen LogP contribution is -2.25. The number of hydrogen-bond acceptors (Lipinski definition) is 7. The maximum atomic E-state index is 12.2. The molecule has 0 saturated carbocycles. The predicted octanol–water partition coefficient (Wildman–Crippen LogP) is 4.42. The zero-order valence-corrected chi connectivity index (χ0v) is 19.1. The minimum atomic E-state index is -0.117. The fourth-order valence-corrected chi connectivity index (χ4v) is 4.19. The Morgan fingerprint density at radius 2 is 1.47 bits per heavy atom. The zero-order valence-electron chi connectivity index (χ0n) is 17.4. The Labute approximate surface area is 185 Å². The van der Waals surface area contributed by atoms with E-state index < -0.39 is 0 Å². The van der Waals surface area contributed by atoms with Crippen LogP contribution in [0.4, 0.5) is 17.1 Å². The van der Waals surface area contributed by atoms with Crippen LogP contribution in [-0.2, 0) is 4.79 Å². The van der Waals surface area contributed by atoms with Gasteiger partial charge in [0.25, 0.3) is 5.91 Å². The summed E-state index contributed by atoms with van der Waals surface area (Å²) in [5.41, 5.74) is 3.14. The van der Waals surface area contributed by atoms with E-state index in [2.05, 4.69) is 20.9 Å². The monoisotopic (exact) mass is 445 g/mol. The number of hydrogen-bond donors (Lipinski definition) is 2. The molecule has 0 saturated heterocycles.